The number of hydrogen-bond acceptors (Lipinski definition) is 4. The van der Waals surface area contributed by atoms with Gasteiger partial charge in [-0.25, -0.2) is 8.42 Å². The van der Waals surface area contributed by atoms with Crippen molar-refractivity contribution in [3.05, 3.63) is 94.5 Å². The molecule has 0 unspecified atom stereocenters. The fraction of sp³-hybridized carbons (Fsp3) is 0.310. The van der Waals surface area contributed by atoms with Crippen molar-refractivity contribution in [3.8, 4) is 0 Å². The van der Waals surface area contributed by atoms with E-state index in [-0.39, 0.29) is 39.1 Å². The van der Waals surface area contributed by atoms with Gasteiger partial charge in [-0.2, -0.15) is 0 Å². The maximum absolute atomic E-state index is 13.9. The number of halogens is 2. The molecule has 0 heterocycles. The summed E-state index contributed by atoms with van der Waals surface area (Å²) in [6.45, 7) is 5.18. The molecule has 0 bridgehead atoms. The zero-order chi connectivity index (χ0) is 28.6. The van der Waals surface area contributed by atoms with Gasteiger partial charge in [-0.05, 0) is 62.6 Å². The van der Waals surface area contributed by atoms with Crippen LogP contribution in [0.25, 0.3) is 0 Å². The number of amides is 2. The van der Waals surface area contributed by atoms with E-state index in [0.717, 1.165) is 16.3 Å². The minimum Gasteiger partial charge on any atom is -0.352 e. The molecule has 3 aromatic rings. The van der Waals surface area contributed by atoms with Crippen LogP contribution in [0.4, 0.5) is 5.69 Å². The van der Waals surface area contributed by atoms with Gasteiger partial charge in [0.05, 0.1) is 20.6 Å². The quantitative estimate of drug-likeness (QED) is 0.299. The van der Waals surface area contributed by atoms with E-state index in [9.17, 15) is 18.0 Å². The number of nitrogens with zero attached hydrogens (tertiary/aromatic N) is 2. The molecule has 0 saturated carbocycles. The third-order valence-electron chi connectivity index (χ3n) is 6.45. The van der Waals surface area contributed by atoms with E-state index in [4.69, 9.17) is 23.2 Å². The van der Waals surface area contributed by atoms with Crippen LogP contribution in [0.15, 0.2) is 83.8 Å². The monoisotopic (exact) mass is 589 g/mol. The smallest absolute Gasteiger partial charge is 0.264 e. The van der Waals surface area contributed by atoms with E-state index in [1.807, 2.05) is 44.2 Å². The van der Waals surface area contributed by atoms with Crippen molar-refractivity contribution in [1.82, 2.24) is 10.2 Å². The summed E-state index contributed by atoms with van der Waals surface area (Å²) in [4.78, 5) is 28.4. The normalized spacial score (nSPS) is 12.8. The first-order valence-electron chi connectivity index (χ1n) is 12.7. The third kappa shape index (κ3) is 7.97. The molecule has 0 aliphatic carbocycles. The van der Waals surface area contributed by atoms with Gasteiger partial charge in [-0.1, -0.05) is 78.7 Å². The Labute approximate surface area is 240 Å². The molecule has 1 N–H and O–H groups in total. The fourth-order valence-electron chi connectivity index (χ4n) is 3.92. The molecule has 39 heavy (non-hydrogen) atoms. The molecule has 0 saturated heterocycles. The van der Waals surface area contributed by atoms with Gasteiger partial charge in [0.2, 0.25) is 11.8 Å². The minimum atomic E-state index is -4.16. The van der Waals surface area contributed by atoms with E-state index in [1.54, 1.807) is 25.1 Å². The lowest BCUT2D eigenvalue weighted by Crippen LogP contribution is -2.53. The molecule has 0 aliphatic rings. The molecular formula is C29H33Cl2N3O4S. The van der Waals surface area contributed by atoms with Gasteiger partial charge in [-0.3, -0.25) is 13.9 Å². The number of carbonyl (C=O) groups excluding carboxylic acids is 2. The Morgan fingerprint density at radius 3 is 2.10 bits per heavy atom. The number of benzene rings is 3. The van der Waals surface area contributed by atoms with Crippen molar-refractivity contribution < 1.29 is 18.0 Å². The van der Waals surface area contributed by atoms with Crippen molar-refractivity contribution in [1.29, 1.82) is 0 Å². The number of hydrogen-bond donors (Lipinski definition) is 1. The number of carbonyl (C=O) groups is 2. The summed E-state index contributed by atoms with van der Waals surface area (Å²) in [6, 6.07) is 20.9. The van der Waals surface area contributed by atoms with Crippen LogP contribution < -0.4 is 9.62 Å². The first-order valence-corrected chi connectivity index (χ1v) is 14.9. The standard InChI is InChI=1S/C29H33Cl2N3O4S/c1-4-21(2)32-29(36)22(3)33(18-17-23-11-7-5-8-12-23)28(35)20-34(24-15-16-26(30)27(31)19-24)39(37,38)25-13-9-6-10-14-25/h5-16,19,21-22H,4,17-18,20H2,1-3H3,(H,32,36)/t21-,22+/m0/s1. The van der Waals surface area contributed by atoms with Gasteiger partial charge >= 0.3 is 0 Å². The van der Waals surface area contributed by atoms with Crippen LogP contribution in [0.1, 0.15) is 32.8 Å². The second-order valence-electron chi connectivity index (χ2n) is 9.24. The molecule has 0 fully saturated rings. The molecule has 208 valence electrons. The average Bonchev–Trinajstić information content (AvgIpc) is 2.94. The Morgan fingerprint density at radius 2 is 1.51 bits per heavy atom. The van der Waals surface area contributed by atoms with Crippen LogP contribution in [-0.2, 0) is 26.0 Å². The minimum absolute atomic E-state index is 0.0160. The Morgan fingerprint density at radius 1 is 0.897 bits per heavy atom. The summed E-state index contributed by atoms with van der Waals surface area (Å²) >= 11 is 12.3. The molecule has 3 rings (SSSR count). The Kier molecular flexibility index (Phi) is 10.8. The zero-order valence-corrected chi connectivity index (χ0v) is 24.5. The summed E-state index contributed by atoms with van der Waals surface area (Å²) in [7, 11) is -4.16. The lowest BCUT2D eigenvalue weighted by Gasteiger charge is -2.32. The lowest BCUT2D eigenvalue weighted by molar-refractivity contribution is -0.139. The fourth-order valence-corrected chi connectivity index (χ4v) is 5.64. The van der Waals surface area contributed by atoms with Crippen LogP contribution in [0.2, 0.25) is 10.0 Å². The van der Waals surface area contributed by atoms with Gasteiger partial charge in [0.15, 0.2) is 0 Å². The van der Waals surface area contributed by atoms with Crippen molar-refractivity contribution in [2.45, 2.75) is 50.6 Å². The highest BCUT2D eigenvalue weighted by Gasteiger charge is 2.32. The molecule has 2 atom stereocenters. The Bertz CT molecular complexity index is 1370. The van der Waals surface area contributed by atoms with E-state index < -0.39 is 28.5 Å². The highest BCUT2D eigenvalue weighted by atomic mass is 35.5. The van der Waals surface area contributed by atoms with Gasteiger partial charge in [0, 0.05) is 12.6 Å². The van der Waals surface area contributed by atoms with E-state index in [2.05, 4.69) is 5.32 Å². The van der Waals surface area contributed by atoms with Gasteiger partial charge in [0.25, 0.3) is 10.0 Å². The second kappa shape index (κ2) is 13.8. The topological polar surface area (TPSA) is 86.8 Å². The van der Waals surface area contributed by atoms with Crippen LogP contribution in [0.5, 0.6) is 0 Å². The molecule has 0 aliphatic heterocycles. The average molecular weight is 591 g/mol. The summed E-state index contributed by atoms with van der Waals surface area (Å²) in [5.41, 5.74) is 1.17. The molecular weight excluding hydrogens is 557 g/mol. The molecule has 2 amide bonds. The highest BCUT2D eigenvalue weighted by molar-refractivity contribution is 7.92. The SMILES string of the molecule is CC[C@H](C)NC(=O)[C@@H](C)N(CCc1ccccc1)C(=O)CN(c1ccc(Cl)c(Cl)c1)S(=O)(=O)c1ccccc1. The molecule has 0 aromatic heterocycles. The summed E-state index contributed by atoms with van der Waals surface area (Å²) in [6.07, 6.45) is 1.22. The predicted molar refractivity (Wildman–Crippen MR) is 157 cm³/mol. The first kappa shape index (κ1) is 30.5. The van der Waals surface area contributed by atoms with Gasteiger partial charge in [-0.15, -0.1) is 0 Å². The highest BCUT2D eigenvalue weighted by Crippen LogP contribution is 2.30. The zero-order valence-electron chi connectivity index (χ0n) is 22.2. The van der Waals surface area contributed by atoms with E-state index in [0.29, 0.717) is 6.42 Å². The molecule has 0 spiro atoms. The lowest BCUT2D eigenvalue weighted by atomic mass is 10.1. The Balaban J connectivity index is 1.98. The molecule has 7 nitrogen and oxygen atoms in total. The summed E-state index contributed by atoms with van der Waals surface area (Å²) in [5.74, 6) is -0.832. The van der Waals surface area contributed by atoms with Crippen LogP contribution >= 0.6 is 23.2 Å². The number of rotatable bonds is 12. The van der Waals surface area contributed by atoms with Gasteiger partial charge in [0.1, 0.15) is 12.6 Å². The number of anilines is 1. The van der Waals surface area contributed by atoms with Crippen LogP contribution in [-0.4, -0.2) is 50.3 Å². The van der Waals surface area contributed by atoms with Gasteiger partial charge < -0.3 is 10.2 Å². The van der Waals surface area contributed by atoms with Crippen molar-refractivity contribution in [2.75, 3.05) is 17.4 Å². The van der Waals surface area contributed by atoms with E-state index in [1.165, 1.54) is 35.2 Å². The first-order chi connectivity index (χ1) is 18.5. The molecule has 0 radical (unpaired) electrons. The number of sulfonamides is 1. The molecule has 10 heteroatoms. The summed E-state index contributed by atoms with van der Waals surface area (Å²) in [5, 5.41) is 3.32. The maximum Gasteiger partial charge on any atom is 0.264 e. The predicted octanol–water partition coefficient (Wildman–Crippen LogP) is 5.56. The number of nitrogens with one attached hydrogen (secondary N) is 1. The molecule has 3 aromatic carbocycles. The summed E-state index contributed by atoms with van der Waals surface area (Å²) < 4.78 is 28.5. The van der Waals surface area contributed by atoms with Crippen LogP contribution in [0.3, 0.4) is 0 Å². The second-order valence-corrected chi connectivity index (χ2v) is 11.9. The Hall–Kier alpha value is -3.07. The third-order valence-corrected chi connectivity index (χ3v) is 8.98. The van der Waals surface area contributed by atoms with E-state index >= 15 is 0 Å². The van der Waals surface area contributed by atoms with Crippen molar-refractivity contribution in [3.63, 3.8) is 0 Å². The van der Waals surface area contributed by atoms with Crippen molar-refractivity contribution >= 4 is 50.7 Å². The maximum atomic E-state index is 13.9. The van der Waals surface area contributed by atoms with Crippen LogP contribution in [0, 0.1) is 0 Å². The van der Waals surface area contributed by atoms with Crippen molar-refractivity contribution in [2.24, 2.45) is 0 Å². The largest absolute Gasteiger partial charge is 0.352 e.